The first-order valence-electron chi connectivity index (χ1n) is 3.58. The fourth-order valence-electron chi connectivity index (χ4n) is 0.776. The van der Waals surface area contributed by atoms with Gasteiger partial charge < -0.3 is 4.74 Å². The lowest BCUT2D eigenvalue weighted by atomic mass is 10.4. The molecular weight excluding hydrogens is 240 g/mol. The lowest BCUT2D eigenvalue weighted by Crippen LogP contribution is -1.96. The molecule has 0 fully saturated rings. The van der Waals surface area contributed by atoms with Crippen LogP contribution >= 0.6 is 15.9 Å². The Morgan fingerprint density at radius 2 is 2.46 bits per heavy atom. The molecule has 0 aliphatic rings. The van der Waals surface area contributed by atoms with Gasteiger partial charge in [-0.2, -0.15) is 0 Å². The largest absolute Gasteiger partial charge is 0.478 e. The molecule has 0 unspecified atom stereocenters. The minimum Gasteiger partial charge on any atom is -0.478 e. The number of nitrogens with zero attached hydrogens (tertiary/aromatic N) is 2. The van der Waals surface area contributed by atoms with Crippen LogP contribution < -0.4 is 4.74 Å². The molecule has 0 saturated heterocycles. The Bertz CT molecular complexity index is 330. The molecule has 6 heteroatoms. The monoisotopic (exact) mass is 246 g/mol. The average molecular weight is 247 g/mol. The second kappa shape index (κ2) is 4.18. The molecule has 0 N–H and O–H groups in total. The van der Waals surface area contributed by atoms with Crippen LogP contribution in [0.2, 0.25) is 0 Å². The molecule has 0 aromatic carbocycles. The van der Waals surface area contributed by atoms with E-state index in [1.54, 1.807) is 6.92 Å². The van der Waals surface area contributed by atoms with Gasteiger partial charge in [0, 0.05) is 0 Å². The van der Waals surface area contributed by atoms with E-state index in [-0.39, 0.29) is 11.6 Å². The van der Waals surface area contributed by atoms with E-state index in [4.69, 9.17) is 4.74 Å². The van der Waals surface area contributed by atoms with Crippen LogP contribution in [0.1, 0.15) is 6.92 Å². The van der Waals surface area contributed by atoms with Crippen molar-refractivity contribution in [3.8, 4) is 5.88 Å². The molecule has 0 spiro atoms. The highest BCUT2D eigenvalue weighted by molar-refractivity contribution is 9.10. The van der Waals surface area contributed by atoms with Crippen molar-refractivity contribution >= 4 is 21.6 Å². The molecule has 1 heterocycles. The van der Waals surface area contributed by atoms with Crippen LogP contribution in [0.25, 0.3) is 0 Å². The Hall–Kier alpha value is -1.17. The van der Waals surface area contributed by atoms with E-state index in [0.29, 0.717) is 11.1 Å². The van der Waals surface area contributed by atoms with Crippen molar-refractivity contribution in [2.75, 3.05) is 6.61 Å². The molecule has 13 heavy (non-hydrogen) atoms. The highest BCUT2D eigenvalue weighted by Crippen LogP contribution is 2.26. The van der Waals surface area contributed by atoms with E-state index in [1.807, 2.05) is 0 Å². The second-order valence-electron chi connectivity index (χ2n) is 2.16. The first-order chi connectivity index (χ1) is 6.15. The molecule has 1 aromatic heterocycles. The summed E-state index contributed by atoms with van der Waals surface area (Å²) >= 11 is 3.02. The van der Waals surface area contributed by atoms with Gasteiger partial charge in [-0.15, -0.1) is 0 Å². The maximum Gasteiger partial charge on any atom is 0.290 e. The van der Waals surface area contributed by atoms with E-state index >= 15 is 0 Å². The topological polar surface area (TPSA) is 65.3 Å². The number of pyridine rings is 1. The SMILES string of the molecule is CCOc1cc([N+](=O)[O-])c(Br)cn1. The lowest BCUT2D eigenvalue weighted by Gasteiger charge is -2.01. The quantitative estimate of drug-likeness (QED) is 0.606. The van der Waals surface area contributed by atoms with Crippen LogP contribution in [-0.4, -0.2) is 16.5 Å². The maximum atomic E-state index is 10.5. The van der Waals surface area contributed by atoms with Crippen molar-refractivity contribution in [3.05, 3.63) is 26.9 Å². The van der Waals surface area contributed by atoms with E-state index < -0.39 is 4.92 Å². The van der Waals surface area contributed by atoms with Crippen molar-refractivity contribution in [1.29, 1.82) is 0 Å². The number of aromatic nitrogens is 1. The third kappa shape index (κ3) is 2.38. The van der Waals surface area contributed by atoms with Crippen LogP contribution in [0.3, 0.4) is 0 Å². The van der Waals surface area contributed by atoms with Crippen LogP contribution in [0.15, 0.2) is 16.7 Å². The van der Waals surface area contributed by atoms with Crippen molar-refractivity contribution < 1.29 is 9.66 Å². The smallest absolute Gasteiger partial charge is 0.290 e. The van der Waals surface area contributed by atoms with Gasteiger partial charge in [0.1, 0.15) is 4.47 Å². The Morgan fingerprint density at radius 3 is 3.00 bits per heavy atom. The highest BCUT2D eigenvalue weighted by Gasteiger charge is 2.13. The molecule has 5 nitrogen and oxygen atoms in total. The van der Waals surface area contributed by atoms with Crippen molar-refractivity contribution in [1.82, 2.24) is 4.98 Å². The summed E-state index contributed by atoms with van der Waals surface area (Å²) in [4.78, 5) is 13.8. The average Bonchev–Trinajstić information content (AvgIpc) is 2.08. The number of hydrogen-bond acceptors (Lipinski definition) is 4. The van der Waals surface area contributed by atoms with Gasteiger partial charge >= 0.3 is 0 Å². The summed E-state index contributed by atoms with van der Waals surface area (Å²) in [6.07, 6.45) is 1.35. The van der Waals surface area contributed by atoms with Gasteiger partial charge in [0.15, 0.2) is 0 Å². The lowest BCUT2D eigenvalue weighted by molar-refractivity contribution is -0.385. The molecule has 1 aromatic rings. The molecule has 0 aliphatic heterocycles. The molecule has 0 radical (unpaired) electrons. The Balaban J connectivity index is 3.04. The number of ether oxygens (including phenoxy) is 1. The fraction of sp³-hybridized carbons (Fsp3) is 0.286. The number of hydrogen-bond donors (Lipinski definition) is 0. The molecular formula is C7H7BrN2O3. The number of rotatable bonds is 3. The highest BCUT2D eigenvalue weighted by atomic mass is 79.9. The zero-order valence-electron chi connectivity index (χ0n) is 6.86. The Kier molecular flexibility index (Phi) is 3.18. The van der Waals surface area contributed by atoms with Crippen molar-refractivity contribution in [3.63, 3.8) is 0 Å². The minimum atomic E-state index is -0.492. The van der Waals surface area contributed by atoms with Crippen LogP contribution in [-0.2, 0) is 0 Å². The van der Waals surface area contributed by atoms with Crippen molar-refractivity contribution in [2.45, 2.75) is 6.92 Å². The summed E-state index contributed by atoms with van der Waals surface area (Å²) in [7, 11) is 0. The van der Waals surface area contributed by atoms with E-state index in [2.05, 4.69) is 20.9 Å². The standard InChI is InChI=1S/C7H7BrN2O3/c1-2-13-7-3-6(10(11)12)5(8)4-9-7/h3-4H,2H2,1H3. The summed E-state index contributed by atoms with van der Waals surface area (Å²) in [6.45, 7) is 2.22. The summed E-state index contributed by atoms with van der Waals surface area (Å²) < 4.78 is 5.36. The molecule has 0 aliphatic carbocycles. The number of nitro groups is 1. The van der Waals surface area contributed by atoms with Crippen LogP contribution in [0.4, 0.5) is 5.69 Å². The normalized spacial score (nSPS) is 9.69. The summed E-state index contributed by atoms with van der Waals surface area (Å²) in [6, 6.07) is 1.29. The van der Waals surface area contributed by atoms with Gasteiger partial charge in [-0.1, -0.05) is 0 Å². The van der Waals surface area contributed by atoms with Gasteiger partial charge in [0.25, 0.3) is 5.69 Å². The molecule has 0 saturated carbocycles. The van der Waals surface area contributed by atoms with E-state index in [0.717, 1.165) is 0 Å². The number of halogens is 1. The Morgan fingerprint density at radius 1 is 1.77 bits per heavy atom. The third-order valence-corrected chi connectivity index (χ3v) is 1.91. The first-order valence-corrected chi connectivity index (χ1v) is 4.37. The first kappa shape index (κ1) is 9.91. The van der Waals surface area contributed by atoms with Crippen LogP contribution in [0.5, 0.6) is 5.88 Å². The molecule has 0 atom stereocenters. The van der Waals surface area contributed by atoms with Crippen molar-refractivity contribution in [2.24, 2.45) is 0 Å². The predicted molar refractivity (Wildman–Crippen MR) is 49.8 cm³/mol. The zero-order chi connectivity index (χ0) is 9.84. The van der Waals surface area contributed by atoms with Gasteiger partial charge in [-0.05, 0) is 22.9 Å². The third-order valence-electron chi connectivity index (χ3n) is 1.30. The fourth-order valence-corrected chi connectivity index (χ4v) is 1.14. The maximum absolute atomic E-state index is 10.5. The Labute approximate surface area is 83.0 Å². The van der Waals surface area contributed by atoms with Gasteiger partial charge in [-0.25, -0.2) is 4.98 Å². The summed E-state index contributed by atoms with van der Waals surface area (Å²) in [5.41, 5.74) is -0.0431. The predicted octanol–water partition coefficient (Wildman–Crippen LogP) is 2.15. The zero-order valence-corrected chi connectivity index (χ0v) is 8.44. The van der Waals surface area contributed by atoms with E-state index in [1.165, 1.54) is 12.3 Å². The molecule has 70 valence electrons. The summed E-state index contributed by atoms with van der Waals surface area (Å²) in [5, 5.41) is 10.5. The minimum absolute atomic E-state index is 0.0431. The van der Waals surface area contributed by atoms with Gasteiger partial charge in [0.2, 0.25) is 5.88 Å². The molecule has 0 bridgehead atoms. The summed E-state index contributed by atoms with van der Waals surface area (Å²) in [5.74, 6) is 0.261. The second-order valence-corrected chi connectivity index (χ2v) is 3.02. The van der Waals surface area contributed by atoms with E-state index in [9.17, 15) is 10.1 Å². The van der Waals surface area contributed by atoms with Gasteiger partial charge in [0.05, 0.1) is 23.8 Å². The molecule has 1 rings (SSSR count). The van der Waals surface area contributed by atoms with Crippen LogP contribution in [0, 0.1) is 10.1 Å². The van der Waals surface area contributed by atoms with Gasteiger partial charge in [-0.3, -0.25) is 10.1 Å². The molecule has 0 amide bonds.